The monoisotopic (exact) mass is 350 g/mol. The predicted molar refractivity (Wildman–Crippen MR) is 87.1 cm³/mol. The molecule has 1 atom stereocenters. The Morgan fingerprint density at radius 3 is 2.43 bits per heavy atom. The molecule has 0 aliphatic rings. The van der Waals surface area contributed by atoms with Gasteiger partial charge in [0, 0.05) is 0 Å². The molecule has 2 aromatic carbocycles. The van der Waals surface area contributed by atoms with Gasteiger partial charge in [0.05, 0.1) is 17.2 Å². The number of benzene rings is 2. The van der Waals surface area contributed by atoms with Gasteiger partial charge >= 0.3 is 0 Å². The van der Waals surface area contributed by atoms with Gasteiger partial charge in [0.15, 0.2) is 11.5 Å². The van der Waals surface area contributed by atoms with E-state index in [1.54, 1.807) is 6.92 Å². The van der Waals surface area contributed by atoms with Gasteiger partial charge in [-0.05, 0) is 59.1 Å². The van der Waals surface area contributed by atoms with Crippen molar-refractivity contribution in [3.63, 3.8) is 0 Å². The molecule has 0 saturated heterocycles. The van der Waals surface area contributed by atoms with Crippen molar-refractivity contribution >= 4 is 15.9 Å². The third-order valence-corrected chi connectivity index (χ3v) is 3.59. The van der Waals surface area contributed by atoms with Crippen LogP contribution in [0.25, 0.3) is 0 Å². The lowest BCUT2D eigenvalue weighted by Crippen LogP contribution is -1.98. The van der Waals surface area contributed by atoms with E-state index in [0.717, 1.165) is 22.2 Å². The quantitative estimate of drug-likeness (QED) is 0.788. The number of aliphatic hydroxyl groups is 1. The summed E-state index contributed by atoms with van der Waals surface area (Å²) in [5.41, 5.74) is 0.838. The Bertz CT molecular complexity index is 596. The van der Waals surface area contributed by atoms with Gasteiger partial charge in [-0.1, -0.05) is 25.1 Å². The van der Waals surface area contributed by atoms with E-state index in [9.17, 15) is 5.11 Å². The van der Waals surface area contributed by atoms with Crippen LogP contribution in [0.15, 0.2) is 46.9 Å². The zero-order valence-corrected chi connectivity index (χ0v) is 13.8. The second kappa shape index (κ2) is 7.48. The van der Waals surface area contributed by atoms with E-state index in [2.05, 4.69) is 22.9 Å². The average Bonchev–Trinajstić information content (AvgIpc) is 2.48. The number of aliphatic hydroxyl groups excluding tert-OH is 1. The number of halogens is 1. The van der Waals surface area contributed by atoms with Crippen molar-refractivity contribution in [3.8, 4) is 17.2 Å². The van der Waals surface area contributed by atoms with E-state index in [-0.39, 0.29) is 0 Å². The molecule has 0 saturated carbocycles. The van der Waals surface area contributed by atoms with Gasteiger partial charge in [-0.15, -0.1) is 0 Å². The highest BCUT2D eigenvalue weighted by Crippen LogP contribution is 2.36. The fraction of sp³-hybridized carbons (Fsp3) is 0.294. The Morgan fingerprint density at radius 2 is 1.81 bits per heavy atom. The maximum absolute atomic E-state index is 9.59. The Labute approximate surface area is 133 Å². The summed E-state index contributed by atoms with van der Waals surface area (Å²) < 4.78 is 12.4. The van der Waals surface area contributed by atoms with Crippen LogP contribution in [0.4, 0.5) is 0 Å². The molecule has 0 aliphatic carbocycles. The third-order valence-electron chi connectivity index (χ3n) is 2.97. The second-order valence-electron chi connectivity index (χ2n) is 4.76. The van der Waals surface area contributed by atoms with Gasteiger partial charge < -0.3 is 14.6 Å². The van der Waals surface area contributed by atoms with Crippen LogP contribution in [0.1, 0.15) is 31.9 Å². The van der Waals surface area contributed by atoms with Crippen LogP contribution in [-0.4, -0.2) is 11.7 Å². The smallest absolute Gasteiger partial charge is 0.169 e. The summed E-state index contributed by atoms with van der Waals surface area (Å²) >= 11 is 3.47. The summed E-state index contributed by atoms with van der Waals surface area (Å²) in [6, 6.07) is 13.1. The SMILES string of the molecule is CCCOc1ccccc1Oc1ccc([C@@H](C)O)cc1Br. The number of ether oxygens (including phenoxy) is 2. The molecule has 2 rings (SSSR count). The van der Waals surface area contributed by atoms with Gasteiger partial charge in [-0.2, -0.15) is 0 Å². The average molecular weight is 351 g/mol. The Morgan fingerprint density at radius 1 is 1.10 bits per heavy atom. The molecule has 0 aliphatic heterocycles. The van der Waals surface area contributed by atoms with E-state index in [4.69, 9.17) is 9.47 Å². The van der Waals surface area contributed by atoms with Gasteiger partial charge in [0.1, 0.15) is 5.75 Å². The van der Waals surface area contributed by atoms with Crippen LogP contribution in [-0.2, 0) is 0 Å². The molecule has 0 heterocycles. The van der Waals surface area contributed by atoms with Crippen LogP contribution >= 0.6 is 15.9 Å². The summed E-state index contributed by atoms with van der Waals surface area (Å²) in [7, 11) is 0. The molecule has 0 fully saturated rings. The van der Waals surface area contributed by atoms with E-state index in [1.807, 2.05) is 42.5 Å². The van der Waals surface area contributed by atoms with Crippen molar-refractivity contribution in [2.75, 3.05) is 6.61 Å². The highest BCUT2D eigenvalue weighted by atomic mass is 79.9. The Balaban J connectivity index is 2.22. The maximum Gasteiger partial charge on any atom is 0.169 e. The molecule has 0 radical (unpaired) electrons. The Kier molecular flexibility index (Phi) is 5.65. The molecule has 4 heteroatoms. The van der Waals surface area contributed by atoms with Crippen LogP contribution in [0.2, 0.25) is 0 Å². The molecular weight excluding hydrogens is 332 g/mol. The molecular formula is C17H19BrO3. The zero-order valence-electron chi connectivity index (χ0n) is 12.2. The highest BCUT2D eigenvalue weighted by molar-refractivity contribution is 9.10. The topological polar surface area (TPSA) is 38.7 Å². The summed E-state index contributed by atoms with van der Waals surface area (Å²) in [5, 5.41) is 9.59. The molecule has 21 heavy (non-hydrogen) atoms. The molecule has 112 valence electrons. The molecule has 0 aromatic heterocycles. The van der Waals surface area contributed by atoms with E-state index in [1.165, 1.54) is 0 Å². The van der Waals surface area contributed by atoms with Crippen LogP contribution < -0.4 is 9.47 Å². The minimum Gasteiger partial charge on any atom is -0.490 e. The number of para-hydroxylation sites is 2. The molecule has 0 bridgehead atoms. The third kappa shape index (κ3) is 4.22. The maximum atomic E-state index is 9.59. The summed E-state index contributed by atoms with van der Waals surface area (Å²) in [6.45, 7) is 4.45. The first-order chi connectivity index (χ1) is 10.1. The molecule has 3 nitrogen and oxygen atoms in total. The fourth-order valence-electron chi connectivity index (χ4n) is 1.84. The van der Waals surface area contributed by atoms with E-state index < -0.39 is 6.10 Å². The van der Waals surface area contributed by atoms with Crippen molar-refractivity contribution < 1.29 is 14.6 Å². The van der Waals surface area contributed by atoms with Crippen LogP contribution in [0, 0.1) is 0 Å². The van der Waals surface area contributed by atoms with E-state index in [0.29, 0.717) is 18.1 Å². The minimum absolute atomic E-state index is 0.504. The van der Waals surface area contributed by atoms with Gasteiger partial charge in [0.2, 0.25) is 0 Å². The number of hydrogen-bond acceptors (Lipinski definition) is 3. The van der Waals surface area contributed by atoms with Crippen LogP contribution in [0.3, 0.4) is 0 Å². The van der Waals surface area contributed by atoms with Gasteiger partial charge in [0.25, 0.3) is 0 Å². The van der Waals surface area contributed by atoms with Crippen molar-refractivity contribution in [3.05, 3.63) is 52.5 Å². The largest absolute Gasteiger partial charge is 0.490 e. The van der Waals surface area contributed by atoms with Crippen molar-refractivity contribution in [2.24, 2.45) is 0 Å². The second-order valence-corrected chi connectivity index (χ2v) is 5.62. The van der Waals surface area contributed by atoms with Crippen LogP contribution in [0.5, 0.6) is 17.2 Å². The van der Waals surface area contributed by atoms with Crippen molar-refractivity contribution in [1.82, 2.24) is 0 Å². The van der Waals surface area contributed by atoms with E-state index >= 15 is 0 Å². The number of hydrogen-bond donors (Lipinski definition) is 1. The predicted octanol–water partition coefficient (Wildman–Crippen LogP) is 5.08. The molecule has 1 N–H and O–H groups in total. The first-order valence-corrected chi connectivity index (χ1v) is 7.78. The van der Waals surface area contributed by atoms with Crippen molar-refractivity contribution in [2.45, 2.75) is 26.4 Å². The summed E-state index contributed by atoms with van der Waals surface area (Å²) in [6.07, 6.45) is 0.441. The van der Waals surface area contributed by atoms with Gasteiger partial charge in [-0.25, -0.2) is 0 Å². The molecule has 2 aromatic rings. The summed E-state index contributed by atoms with van der Waals surface area (Å²) in [5.74, 6) is 2.09. The standard InChI is InChI=1S/C17H19BrO3/c1-3-10-20-16-6-4-5-7-17(16)21-15-9-8-13(12(2)19)11-14(15)18/h4-9,11-12,19H,3,10H2,1-2H3/t12-/m1/s1. The lowest BCUT2D eigenvalue weighted by atomic mass is 10.1. The normalized spacial score (nSPS) is 12.0. The minimum atomic E-state index is -0.504. The molecule has 0 amide bonds. The molecule has 0 unspecified atom stereocenters. The fourth-order valence-corrected chi connectivity index (χ4v) is 2.32. The van der Waals surface area contributed by atoms with Crippen molar-refractivity contribution in [1.29, 1.82) is 0 Å². The highest BCUT2D eigenvalue weighted by Gasteiger charge is 2.10. The lowest BCUT2D eigenvalue weighted by Gasteiger charge is -2.14. The molecule has 0 spiro atoms. The number of rotatable bonds is 6. The summed E-state index contributed by atoms with van der Waals surface area (Å²) in [4.78, 5) is 0. The first kappa shape index (κ1) is 15.9. The zero-order chi connectivity index (χ0) is 15.2. The lowest BCUT2D eigenvalue weighted by molar-refractivity contribution is 0.199. The first-order valence-electron chi connectivity index (χ1n) is 6.99. The van der Waals surface area contributed by atoms with Gasteiger partial charge in [-0.3, -0.25) is 0 Å². The Hall–Kier alpha value is -1.52.